The predicted molar refractivity (Wildman–Crippen MR) is 344 cm³/mol. The minimum atomic E-state index is -1.36. The van der Waals surface area contributed by atoms with Gasteiger partial charge in [-0.15, -0.1) is 24.2 Å². The van der Waals surface area contributed by atoms with E-state index in [0.29, 0.717) is 11.1 Å². The fourth-order valence-electron chi connectivity index (χ4n) is 7.62. The molecule has 0 unspecified atom stereocenters. The van der Waals surface area contributed by atoms with Crippen LogP contribution in [0.1, 0.15) is 210 Å². The van der Waals surface area contributed by atoms with E-state index in [-0.39, 0.29) is 94.4 Å². The third-order valence-corrected chi connectivity index (χ3v) is 10.3. The zero-order valence-electron chi connectivity index (χ0n) is 52.7. The van der Waals surface area contributed by atoms with Gasteiger partial charge in [-0.2, -0.15) is 0 Å². The molecule has 2 aliphatic rings. The number of Topliss-reactive ketones (excluding diaryl/α,β-unsaturated/α-hetero) is 1. The Bertz CT molecular complexity index is 1910. The summed E-state index contributed by atoms with van der Waals surface area (Å²) in [6.45, 7) is 38.3. The second-order valence-corrected chi connectivity index (χ2v) is 26.9. The molecule has 4 rings (SSSR count). The van der Waals surface area contributed by atoms with Crippen LogP contribution < -0.4 is 9.47 Å². The van der Waals surface area contributed by atoms with E-state index in [9.17, 15) is 34.8 Å². The van der Waals surface area contributed by atoms with Gasteiger partial charge < -0.3 is 68.6 Å². The molecule has 2 aromatic rings. The standard InChI is InChI=1S/2C22H30O4.4C3H8N.C3H6O.CH3B.4ClH.2H2O.2Pt/c2*1-5-6-7-8-16-12-19(23)21(20(13-16)26-22(24)25)18-11-15(4)9-10-17(18)14(2)3;5*1-3(2)4;1-2;;;;;;;;/h2*11-13,17-18,23H,2,5-10H2,1,3-4H3,(H,24,25);4*3-4H,1-2H3;1-2H3;1H3;4*1H;2*1H2;;/q;;4*-1;;;;;;;;;2*+4/p-4/t2*17-,18+;;;;;;;;;;;;;;/m11............../s1/i;;;;;;;1D;;;;;;;;. The third kappa shape index (κ3) is 56.7. The quantitative estimate of drug-likeness (QED) is 0.0459. The number of hydrogen-bond acceptors (Lipinski definition) is 7. The summed E-state index contributed by atoms with van der Waals surface area (Å²) in [5.74, 6) is 0.936. The second kappa shape index (κ2) is 60.3. The van der Waals surface area contributed by atoms with Gasteiger partial charge in [-0.1, -0.05) is 149 Å². The molecule has 22 heteroatoms. The molecular formula is C60H105BCl4N4O11Pt2. The van der Waals surface area contributed by atoms with Gasteiger partial charge in [-0.3, -0.25) is 0 Å². The number of nitrogens with one attached hydrogen (secondary N) is 4. The topological polar surface area (TPSA) is 309 Å². The Balaban J connectivity index is -0.000000152. The number of rotatable bonds is 14. The zero-order valence-corrected chi connectivity index (χ0v) is 59.3. The van der Waals surface area contributed by atoms with Crippen LogP contribution in [0, 0.1) is 11.8 Å². The van der Waals surface area contributed by atoms with Crippen LogP contribution in [0.5, 0.6) is 23.0 Å². The molecule has 15 nitrogen and oxygen atoms in total. The predicted octanol–water partition coefficient (Wildman–Crippen LogP) is 20.1. The van der Waals surface area contributed by atoms with E-state index in [4.69, 9.17) is 71.5 Å². The number of ketones is 1. The molecule has 0 spiro atoms. The number of unbranched alkanes of at least 4 members (excludes halogenated alkanes) is 4. The Kier molecular flexibility index (Phi) is 68.6. The maximum atomic E-state index is 11.2. The summed E-state index contributed by atoms with van der Waals surface area (Å²) in [6, 6.07) is 7.39. The SMILES string of the molecule is C=C(C)[C@H]1CCC(C)=C[C@@H]1c1c(O)cc(CCCCC)cc1OC(=O)O.C=C(C)[C@H]1CCC(C)=C[C@@H]1c1c(O)cc(CCCCC)cc1OC(=O)O.CC(C)=O.CC(C)[NH-].CC(C)[NH-].CC(C)[NH-].CC(C)[NH-].O.O.[2H]C[B].[Cl][Pt+2][Cl].[Cl][Pt+2][Cl]. The van der Waals surface area contributed by atoms with Crippen LogP contribution >= 0.6 is 37.7 Å². The van der Waals surface area contributed by atoms with Gasteiger partial charge in [-0.05, 0) is 140 Å². The molecule has 0 aromatic heterocycles. The number of allylic oxidation sites excluding steroid dienone is 6. The summed E-state index contributed by atoms with van der Waals surface area (Å²) in [5.41, 5.74) is 33.8. The minimum absolute atomic E-state index is 0. The van der Waals surface area contributed by atoms with Crippen molar-refractivity contribution >= 4 is 63.6 Å². The second-order valence-electron chi connectivity index (χ2n) is 20.4. The normalized spacial score (nSPS) is 15.3. The van der Waals surface area contributed by atoms with Crippen molar-refractivity contribution in [2.45, 2.75) is 231 Å². The van der Waals surface area contributed by atoms with Crippen LogP contribution in [-0.2, 0) is 50.6 Å². The Labute approximate surface area is 531 Å². The van der Waals surface area contributed by atoms with Gasteiger partial charge in [0.1, 0.15) is 28.8 Å². The molecule has 0 bridgehead atoms. The van der Waals surface area contributed by atoms with Crippen molar-refractivity contribution in [1.82, 2.24) is 0 Å². The first-order valence-corrected chi connectivity index (χ1v) is 38.0. The van der Waals surface area contributed by atoms with Crippen molar-refractivity contribution in [3.05, 3.63) is 117 Å². The van der Waals surface area contributed by atoms with Gasteiger partial charge in [0.05, 0.1) is 7.85 Å². The number of hydrogen-bond donors (Lipinski definition) is 4. The number of halogens is 4. The molecule has 0 aliphatic heterocycles. The summed E-state index contributed by atoms with van der Waals surface area (Å²) in [4.78, 5) is 31.9. The first-order valence-electron chi connectivity index (χ1n) is 27.4. The van der Waals surface area contributed by atoms with Crippen molar-refractivity contribution in [3.63, 3.8) is 0 Å². The molecule has 0 amide bonds. The first kappa shape index (κ1) is 93.3. The fraction of sp³-hybridized carbons (Fsp3) is 0.617. The Hall–Kier alpha value is -2.43. The number of aromatic hydroxyl groups is 2. The molecule has 0 saturated heterocycles. The fourth-order valence-corrected chi connectivity index (χ4v) is 7.62. The van der Waals surface area contributed by atoms with Crippen LogP contribution in [0.15, 0.2) is 71.9 Å². The molecular weight excluding hydrogens is 1500 g/mol. The molecule has 2 aliphatic carbocycles. The summed E-state index contributed by atoms with van der Waals surface area (Å²) >= 11 is -0.944. The van der Waals surface area contributed by atoms with Crippen molar-refractivity contribution in [2.75, 3.05) is 0 Å². The van der Waals surface area contributed by atoms with E-state index >= 15 is 0 Å². The van der Waals surface area contributed by atoms with Gasteiger partial charge in [0, 0.05) is 24.3 Å². The summed E-state index contributed by atoms with van der Waals surface area (Å²) < 4.78 is 16.2. The Morgan fingerprint density at radius 2 is 0.854 bits per heavy atom. The number of ether oxygens (including phenoxy) is 2. The zero-order chi connectivity index (χ0) is 64.5. The number of carboxylic acid groups (broad SMARTS) is 2. The molecule has 0 saturated carbocycles. The van der Waals surface area contributed by atoms with E-state index in [1.807, 2.05) is 69.2 Å². The van der Waals surface area contributed by atoms with Crippen LogP contribution in [0.2, 0.25) is 6.80 Å². The number of benzene rings is 2. The molecule has 12 N–H and O–H groups in total. The molecule has 0 heterocycles. The molecule has 4 atom stereocenters. The average molecular weight is 1600 g/mol. The maximum absolute atomic E-state index is 11.2. The van der Waals surface area contributed by atoms with E-state index in [0.717, 1.165) is 99.3 Å². The van der Waals surface area contributed by atoms with Crippen LogP contribution in [0.4, 0.5) is 9.59 Å². The number of carbonyl (C=O) groups excluding carboxylic acids is 1. The number of phenols is 2. The van der Waals surface area contributed by atoms with E-state index in [1.54, 1.807) is 24.3 Å². The van der Waals surface area contributed by atoms with E-state index < -0.39 is 45.3 Å². The van der Waals surface area contributed by atoms with Gasteiger partial charge in [0.15, 0.2) is 0 Å². The molecule has 482 valence electrons. The van der Waals surface area contributed by atoms with Crippen LogP contribution in [-0.4, -0.2) is 81.5 Å². The van der Waals surface area contributed by atoms with Crippen molar-refractivity contribution in [3.8, 4) is 23.0 Å². The van der Waals surface area contributed by atoms with Crippen LogP contribution in [0.3, 0.4) is 0 Å². The number of aryl methyl sites for hydroxylation is 2. The average Bonchev–Trinajstić information content (AvgIpc) is 3.29. The number of carbonyl (C=O) groups is 3. The van der Waals surface area contributed by atoms with E-state index in [2.05, 4.69) is 60.9 Å². The Morgan fingerprint density at radius 1 is 0.622 bits per heavy atom. The summed E-state index contributed by atoms with van der Waals surface area (Å²) in [5, 5.41) is 39.8. The van der Waals surface area contributed by atoms with Gasteiger partial charge in [0.25, 0.3) is 0 Å². The molecule has 82 heavy (non-hydrogen) atoms. The molecule has 2 aromatic carbocycles. The van der Waals surface area contributed by atoms with E-state index in [1.165, 1.54) is 25.0 Å². The monoisotopic (exact) mass is 1600 g/mol. The number of phenolic OH excluding ortho intramolecular Hbond substituents is 2. The van der Waals surface area contributed by atoms with Crippen molar-refractivity contribution in [2.24, 2.45) is 11.8 Å². The summed E-state index contributed by atoms with van der Waals surface area (Å²) in [6.07, 6.45) is 13.3. The van der Waals surface area contributed by atoms with Gasteiger partial charge in [0.2, 0.25) is 0 Å². The van der Waals surface area contributed by atoms with Crippen molar-refractivity contribution < 1.29 is 89.6 Å². The van der Waals surface area contributed by atoms with Crippen LogP contribution in [0.25, 0.3) is 22.9 Å². The molecule has 0 fully saturated rings. The third-order valence-electron chi connectivity index (χ3n) is 10.3. The van der Waals surface area contributed by atoms with Gasteiger partial charge >= 0.3 is 82.9 Å². The summed E-state index contributed by atoms with van der Waals surface area (Å²) in [7, 11) is 24.0. The first-order chi connectivity index (χ1) is 37.6. The molecule has 2 radical (unpaired) electrons. The van der Waals surface area contributed by atoms with Crippen molar-refractivity contribution in [1.29, 1.82) is 0 Å². The van der Waals surface area contributed by atoms with Gasteiger partial charge in [-0.25, -0.2) is 9.59 Å². The Morgan fingerprint density at radius 3 is 1.05 bits per heavy atom.